The van der Waals surface area contributed by atoms with Gasteiger partial charge in [-0.1, -0.05) is 30.3 Å². The third-order valence-electron chi connectivity index (χ3n) is 4.71. The molecule has 1 aromatic heterocycles. The summed E-state index contributed by atoms with van der Waals surface area (Å²) >= 11 is 0. The number of nitrogens with zero attached hydrogens (tertiary/aromatic N) is 1. The van der Waals surface area contributed by atoms with Crippen molar-refractivity contribution < 1.29 is 9.15 Å². The number of hydrogen-bond acceptors (Lipinski definition) is 3. The van der Waals surface area contributed by atoms with Crippen molar-refractivity contribution in [1.82, 2.24) is 10.6 Å². The van der Waals surface area contributed by atoms with Crippen LogP contribution in [0.15, 0.2) is 58.1 Å². The van der Waals surface area contributed by atoms with Gasteiger partial charge >= 0.3 is 0 Å². The highest BCUT2D eigenvalue weighted by Gasteiger charge is 2.43. The minimum absolute atomic E-state index is 0.246. The van der Waals surface area contributed by atoms with E-state index in [0.717, 1.165) is 37.8 Å². The predicted octanol–water partition coefficient (Wildman–Crippen LogP) is 3.47. The normalized spacial score (nSPS) is 15.7. The van der Waals surface area contributed by atoms with Crippen LogP contribution in [0.25, 0.3) is 0 Å². The number of nitrogens with one attached hydrogen (secondary N) is 2. The first-order valence-electron chi connectivity index (χ1n) is 9.50. The molecule has 0 spiro atoms. The van der Waals surface area contributed by atoms with Crippen molar-refractivity contribution in [2.45, 2.75) is 38.2 Å². The zero-order valence-corrected chi connectivity index (χ0v) is 15.5. The molecule has 0 aliphatic heterocycles. The second-order valence-electron chi connectivity index (χ2n) is 6.75. The van der Waals surface area contributed by atoms with Gasteiger partial charge in [-0.15, -0.1) is 0 Å². The quantitative estimate of drug-likeness (QED) is 0.389. The van der Waals surface area contributed by atoms with Crippen LogP contribution in [0, 0.1) is 0 Å². The summed E-state index contributed by atoms with van der Waals surface area (Å²) in [5.41, 5.74) is 1.65. The molecule has 1 saturated carbocycles. The summed E-state index contributed by atoms with van der Waals surface area (Å²) in [4.78, 5) is 4.82. The van der Waals surface area contributed by atoms with Crippen LogP contribution < -0.4 is 10.6 Å². The molecule has 2 N–H and O–H groups in total. The van der Waals surface area contributed by atoms with E-state index in [1.807, 2.05) is 12.1 Å². The van der Waals surface area contributed by atoms with Crippen LogP contribution in [-0.2, 0) is 16.8 Å². The lowest BCUT2D eigenvalue weighted by atomic mass is 9.96. The summed E-state index contributed by atoms with van der Waals surface area (Å²) in [5.74, 6) is 1.75. The fourth-order valence-corrected chi connectivity index (χ4v) is 3.00. The Bertz CT molecular complexity index is 664. The van der Waals surface area contributed by atoms with Crippen molar-refractivity contribution in [3.8, 4) is 0 Å². The molecule has 1 fully saturated rings. The summed E-state index contributed by atoms with van der Waals surface area (Å²) < 4.78 is 10.9. The highest BCUT2D eigenvalue weighted by atomic mass is 16.5. The minimum atomic E-state index is 0.246. The minimum Gasteiger partial charge on any atom is -0.467 e. The Morgan fingerprint density at radius 1 is 1.15 bits per heavy atom. The molecule has 0 radical (unpaired) electrons. The van der Waals surface area contributed by atoms with Crippen LogP contribution in [-0.4, -0.2) is 32.2 Å². The van der Waals surface area contributed by atoms with Crippen molar-refractivity contribution >= 4 is 5.96 Å². The van der Waals surface area contributed by atoms with E-state index in [1.54, 1.807) is 6.26 Å². The van der Waals surface area contributed by atoms with Crippen molar-refractivity contribution in [2.24, 2.45) is 4.99 Å². The summed E-state index contributed by atoms with van der Waals surface area (Å²) in [6, 6.07) is 14.5. The van der Waals surface area contributed by atoms with Gasteiger partial charge in [-0.2, -0.15) is 0 Å². The van der Waals surface area contributed by atoms with Crippen molar-refractivity contribution in [3.05, 3.63) is 60.1 Å². The molecule has 0 atom stereocenters. The summed E-state index contributed by atoms with van der Waals surface area (Å²) in [5, 5.41) is 6.73. The molecule has 140 valence electrons. The fraction of sp³-hybridized carbons (Fsp3) is 0.476. The van der Waals surface area contributed by atoms with Gasteiger partial charge in [0.05, 0.1) is 12.8 Å². The third kappa shape index (κ3) is 5.36. The van der Waals surface area contributed by atoms with Gasteiger partial charge in [-0.3, -0.25) is 4.99 Å². The maximum atomic E-state index is 5.61. The number of benzene rings is 1. The highest BCUT2D eigenvalue weighted by Crippen LogP contribution is 2.48. The third-order valence-corrected chi connectivity index (χ3v) is 4.71. The zero-order chi connectivity index (χ0) is 18.1. The number of ether oxygens (including phenoxy) is 1. The smallest absolute Gasteiger partial charge is 0.191 e. The Hall–Kier alpha value is -2.27. The van der Waals surface area contributed by atoms with Crippen LogP contribution in [0.4, 0.5) is 0 Å². The lowest BCUT2D eigenvalue weighted by molar-refractivity contribution is 0.105. The SMILES string of the molecule is CCNC(=NCC1(c2ccccc2)CC1)NCCCOCc1ccco1. The Morgan fingerprint density at radius 3 is 2.69 bits per heavy atom. The Labute approximate surface area is 155 Å². The molecule has 1 aliphatic carbocycles. The Kier molecular flexibility index (Phi) is 6.72. The summed E-state index contributed by atoms with van der Waals surface area (Å²) in [6.07, 6.45) is 5.04. The number of furan rings is 1. The van der Waals surface area contributed by atoms with Gasteiger partial charge in [0.25, 0.3) is 0 Å². The highest BCUT2D eigenvalue weighted by molar-refractivity contribution is 5.79. The van der Waals surface area contributed by atoms with Gasteiger partial charge in [0.1, 0.15) is 12.4 Å². The molecule has 0 unspecified atom stereocenters. The average Bonchev–Trinajstić information content (AvgIpc) is 3.29. The molecule has 5 nitrogen and oxygen atoms in total. The lowest BCUT2D eigenvalue weighted by Crippen LogP contribution is -2.38. The predicted molar refractivity (Wildman–Crippen MR) is 104 cm³/mol. The largest absolute Gasteiger partial charge is 0.467 e. The summed E-state index contributed by atoms with van der Waals surface area (Å²) in [7, 11) is 0. The van der Waals surface area contributed by atoms with Gasteiger partial charge in [-0.05, 0) is 43.9 Å². The maximum absolute atomic E-state index is 5.61. The van der Waals surface area contributed by atoms with E-state index in [4.69, 9.17) is 14.1 Å². The van der Waals surface area contributed by atoms with Crippen molar-refractivity contribution in [1.29, 1.82) is 0 Å². The maximum Gasteiger partial charge on any atom is 0.191 e. The number of aliphatic imine (C=N–C) groups is 1. The first-order valence-corrected chi connectivity index (χ1v) is 9.50. The van der Waals surface area contributed by atoms with E-state index in [-0.39, 0.29) is 5.41 Å². The van der Waals surface area contributed by atoms with Crippen LogP contribution in [0.2, 0.25) is 0 Å². The topological polar surface area (TPSA) is 58.8 Å². The molecule has 5 heteroatoms. The van der Waals surface area contributed by atoms with Gasteiger partial charge in [-0.25, -0.2) is 0 Å². The van der Waals surface area contributed by atoms with Crippen molar-refractivity contribution in [3.63, 3.8) is 0 Å². The van der Waals surface area contributed by atoms with Gasteiger partial charge in [0.15, 0.2) is 5.96 Å². The van der Waals surface area contributed by atoms with E-state index in [9.17, 15) is 0 Å². The molecule has 3 rings (SSSR count). The molecule has 1 aromatic carbocycles. The van der Waals surface area contributed by atoms with Crippen molar-refractivity contribution in [2.75, 3.05) is 26.2 Å². The number of guanidine groups is 1. The second-order valence-corrected chi connectivity index (χ2v) is 6.75. The molecular weight excluding hydrogens is 326 g/mol. The number of rotatable bonds is 10. The van der Waals surface area contributed by atoms with Gasteiger partial charge in [0, 0.05) is 25.1 Å². The second kappa shape index (κ2) is 9.43. The first-order chi connectivity index (χ1) is 12.8. The summed E-state index contributed by atoms with van der Waals surface area (Å²) in [6.45, 7) is 5.85. The van der Waals surface area contributed by atoms with Crippen LogP contribution in [0.5, 0.6) is 0 Å². The monoisotopic (exact) mass is 355 g/mol. The van der Waals surface area contributed by atoms with E-state index in [2.05, 4.69) is 47.9 Å². The number of hydrogen-bond donors (Lipinski definition) is 2. The molecule has 0 amide bonds. The van der Waals surface area contributed by atoms with Crippen LogP contribution in [0.1, 0.15) is 37.5 Å². The van der Waals surface area contributed by atoms with E-state index in [0.29, 0.717) is 13.2 Å². The first kappa shape index (κ1) is 18.5. The zero-order valence-electron chi connectivity index (χ0n) is 15.5. The molecule has 1 heterocycles. The van der Waals surface area contributed by atoms with E-state index in [1.165, 1.54) is 18.4 Å². The molecule has 26 heavy (non-hydrogen) atoms. The molecular formula is C21H29N3O2. The fourth-order valence-electron chi connectivity index (χ4n) is 3.00. The molecule has 1 aliphatic rings. The molecule has 0 saturated heterocycles. The van der Waals surface area contributed by atoms with E-state index >= 15 is 0 Å². The molecule has 0 bridgehead atoms. The Balaban J connectivity index is 1.40. The molecule has 2 aromatic rings. The van der Waals surface area contributed by atoms with Crippen LogP contribution in [0.3, 0.4) is 0 Å². The van der Waals surface area contributed by atoms with Gasteiger partial charge < -0.3 is 19.8 Å². The average molecular weight is 355 g/mol. The van der Waals surface area contributed by atoms with E-state index < -0.39 is 0 Å². The Morgan fingerprint density at radius 2 is 2.00 bits per heavy atom. The standard InChI is InChI=1S/C21H29N3O2/c1-2-22-20(23-13-7-14-25-16-19-10-6-15-26-19)24-17-21(11-12-21)18-8-4-3-5-9-18/h3-6,8-10,15H,2,7,11-14,16-17H2,1H3,(H2,22,23,24). The van der Waals surface area contributed by atoms with Gasteiger partial charge in [0.2, 0.25) is 0 Å². The lowest BCUT2D eigenvalue weighted by Gasteiger charge is -2.16. The van der Waals surface area contributed by atoms with Crippen LogP contribution >= 0.6 is 0 Å².